The highest BCUT2D eigenvalue weighted by molar-refractivity contribution is 5.73. The zero-order valence-corrected chi connectivity index (χ0v) is 14.0. The molecule has 0 aliphatic carbocycles. The normalized spacial score (nSPS) is 16.6. The third-order valence-electron chi connectivity index (χ3n) is 4.28. The van der Waals surface area contributed by atoms with E-state index in [1.54, 1.807) is 0 Å². The predicted octanol–water partition coefficient (Wildman–Crippen LogP) is 2.07. The third kappa shape index (κ3) is 2.82. The average molecular weight is 325 g/mol. The second kappa shape index (κ2) is 5.83. The molecule has 1 aliphatic heterocycles. The van der Waals surface area contributed by atoms with Crippen LogP contribution in [0, 0.1) is 13.8 Å². The molecule has 24 heavy (non-hydrogen) atoms. The van der Waals surface area contributed by atoms with Crippen LogP contribution in [-0.2, 0) is 13.0 Å². The Kier molecular flexibility index (Phi) is 3.65. The molecule has 7 nitrogen and oxygen atoms in total. The van der Waals surface area contributed by atoms with Crippen molar-refractivity contribution < 1.29 is 9.37 Å². The molecule has 1 atom stereocenters. The molecular formula is C17H19N5O2. The average Bonchev–Trinajstić information content (AvgIpc) is 3.12. The van der Waals surface area contributed by atoms with Crippen molar-refractivity contribution in [2.24, 2.45) is 0 Å². The Balaban J connectivity index is 1.41. The van der Waals surface area contributed by atoms with Gasteiger partial charge in [-0.25, -0.2) is 9.61 Å². The van der Waals surface area contributed by atoms with Crippen LogP contribution >= 0.6 is 0 Å². The molecule has 124 valence electrons. The largest absolute Gasteiger partial charge is 0.472 e. The number of benzene rings is 1. The van der Waals surface area contributed by atoms with Crippen LogP contribution in [0.15, 0.2) is 22.8 Å². The first-order valence-corrected chi connectivity index (χ1v) is 7.99. The summed E-state index contributed by atoms with van der Waals surface area (Å²) in [7, 11) is 2.08. The topological polar surface area (TPSA) is 77.2 Å². The fraction of sp³-hybridized carbons (Fsp3) is 0.412. The van der Waals surface area contributed by atoms with Gasteiger partial charge in [0.15, 0.2) is 0 Å². The molecule has 3 heterocycles. The Morgan fingerprint density at radius 3 is 2.88 bits per heavy atom. The quantitative estimate of drug-likeness (QED) is 0.726. The molecule has 0 radical (unpaired) electrons. The maximum atomic E-state index is 6.00. The zero-order chi connectivity index (χ0) is 16.7. The molecule has 1 aromatic carbocycles. The fourth-order valence-corrected chi connectivity index (χ4v) is 3.22. The molecule has 0 fully saturated rings. The van der Waals surface area contributed by atoms with E-state index in [9.17, 15) is 0 Å². The lowest BCUT2D eigenvalue weighted by Gasteiger charge is -2.20. The van der Waals surface area contributed by atoms with Crippen LogP contribution in [0.25, 0.3) is 11.0 Å². The van der Waals surface area contributed by atoms with Crippen molar-refractivity contribution >= 4 is 11.0 Å². The molecule has 0 unspecified atom stereocenters. The molecule has 2 aromatic heterocycles. The summed E-state index contributed by atoms with van der Waals surface area (Å²) in [6, 6.07) is 5.98. The lowest BCUT2D eigenvalue weighted by atomic mass is 10.1. The Morgan fingerprint density at radius 1 is 1.17 bits per heavy atom. The first kappa shape index (κ1) is 15.0. The molecular weight excluding hydrogens is 306 g/mol. The van der Waals surface area contributed by atoms with Gasteiger partial charge in [-0.05, 0) is 48.9 Å². The van der Waals surface area contributed by atoms with E-state index < -0.39 is 0 Å². The molecule has 0 bridgehead atoms. The number of ether oxygens (including phenoxy) is 1. The van der Waals surface area contributed by atoms with E-state index in [4.69, 9.17) is 9.37 Å². The van der Waals surface area contributed by atoms with E-state index in [0.717, 1.165) is 53.5 Å². The van der Waals surface area contributed by atoms with Crippen molar-refractivity contribution in [1.82, 2.24) is 25.2 Å². The van der Waals surface area contributed by atoms with Gasteiger partial charge in [0.2, 0.25) is 5.88 Å². The summed E-state index contributed by atoms with van der Waals surface area (Å²) in [6.45, 7) is 5.54. The lowest BCUT2D eigenvalue weighted by Crippen LogP contribution is -2.31. The van der Waals surface area contributed by atoms with E-state index in [-0.39, 0.29) is 6.10 Å². The summed E-state index contributed by atoms with van der Waals surface area (Å²) >= 11 is 0. The van der Waals surface area contributed by atoms with Gasteiger partial charge in [-0.3, -0.25) is 4.90 Å². The minimum atomic E-state index is 0.109. The van der Waals surface area contributed by atoms with Crippen LogP contribution in [-0.4, -0.2) is 44.9 Å². The van der Waals surface area contributed by atoms with Crippen LogP contribution < -0.4 is 4.74 Å². The van der Waals surface area contributed by atoms with Gasteiger partial charge >= 0.3 is 0 Å². The van der Waals surface area contributed by atoms with E-state index in [0.29, 0.717) is 0 Å². The van der Waals surface area contributed by atoms with Crippen molar-refractivity contribution in [3.63, 3.8) is 0 Å². The van der Waals surface area contributed by atoms with Crippen molar-refractivity contribution in [1.29, 1.82) is 0 Å². The molecule has 0 saturated carbocycles. The standard InChI is InChI=1S/C17H19N5O2/c1-10-14-7-13(23-17(14)19-11(2)18-10)9-22(3)8-12-4-5-15-16(6-12)21-24-20-15/h4-6,13H,7-9H2,1-3H3/t13-/m1/s1. The molecule has 4 rings (SSSR count). The highest BCUT2D eigenvalue weighted by Gasteiger charge is 2.27. The summed E-state index contributed by atoms with van der Waals surface area (Å²) in [5.74, 6) is 1.50. The van der Waals surface area contributed by atoms with Gasteiger partial charge < -0.3 is 4.74 Å². The van der Waals surface area contributed by atoms with Gasteiger partial charge in [0, 0.05) is 30.8 Å². The molecule has 0 saturated heterocycles. The number of aromatic nitrogens is 4. The highest BCUT2D eigenvalue weighted by Crippen LogP contribution is 2.29. The van der Waals surface area contributed by atoms with Crippen LogP contribution in [0.3, 0.4) is 0 Å². The number of nitrogens with zero attached hydrogens (tertiary/aromatic N) is 5. The van der Waals surface area contributed by atoms with Gasteiger partial charge in [0.25, 0.3) is 0 Å². The first-order chi connectivity index (χ1) is 11.6. The lowest BCUT2D eigenvalue weighted by molar-refractivity contribution is 0.160. The van der Waals surface area contributed by atoms with Gasteiger partial charge in [-0.15, -0.1) is 0 Å². The molecule has 1 aliphatic rings. The Bertz CT molecular complexity index is 892. The number of aryl methyl sites for hydroxylation is 2. The summed E-state index contributed by atoms with van der Waals surface area (Å²) in [5.41, 5.74) is 4.89. The maximum absolute atomic E-state index is 6.00. The van der Waals surface area contributed by atoms with Gasteiger partial charge in [-0.1, -0.05) is 6.07 Å². The Morgan fingerprint density at radius 2 is 2.00 bits per heavy atom. The molecule has 0 spiro atoms. The van der Waals surface area contributed by atoms with Crippen molar-refractivity contribution in [3.8, 4) is 5.88 Å². The summed E-state index contributed by atoms with van der Waals surface area (Å²) in [6.07, 6.45) is 0.968. The number of hydrogen-bond donors (Lipinski definition) is 0. The third-order valence-corrected chi connectivity index (χ3v) is 4.28. The van der Waals surface area contributed by atoms with E-state index in [1.807, 2.05) is 32.0 Å². The molecule has 0 amide bonds. The zero-order valence-electron chi connectivity index (χ0n) is 14.0. The van der Waals surface area contributed by atoms with Crippen LogP contribution in [0.4, 0.5) is 0 Å². The van der Waals surface area contributed by atoms with Gasteiger partial charge in [-0.2, -0.15) is 4.98 Å². The van der Waals surface area contributed by atoms with E-state index in [2.05, 4.69) is 32.2 Å². The SMILES string of the molecule is Cc1nc(C)c2c(n1)O[C@@H](CN(C)Cc1ccc3nonc3c1)C2. The molecule has 3 aromatic rings. The number of rotatable bonds is 4. The van der Waals surface area contributed by atoms with Crippen LogP contribution in [0.2, 0.25) is 0 Å². The van der Waals surface area contributed by atoms with Crippen LogP contribution in [0.1, 0.15) is 22.6 Å². The number of fused-ring (bicyclic) bond motifs is 2. The summed E-state index contributed by atoms with van der Waals surface area (Å²) < 4.78 is 10.7. The molecule has 7 heteroatoms. The predicted molar refractivity (Wildman–Crippen MR) is 87.8 cm³/mol. The second-order valence-corrected chi connectivity index (χ2v) is 6.37. The summed E-state index contributed by atoms with van der Waals surface area (Å²) in [4.78, 5) is 11.1. The van der Waals surface area contributed by atoms with Crippen molar-refractivity contribution in [2.75, 3.05) is 13.6 Å². The Labute approximate surface area is 139 Å². The smallest absolute Gasteiger partial charge is 0.220 e. The minimum absolute atomic E-state index is 0.109. The first-order valence-electron chi connectivity index (χ1n) is 7.99. The van der Waals surface area contributed by atoms with Gasteiger partial charge in [0.1, 0.15) is 23.0 Å². The van der Waals surface area contributed by atoms with E-state index in [1.165, 1.54) is 5.56 Å². The highest BCUT2D eigenvalue weighted by atomic mass is 16.6. The fourth-order valence-electron chi connectivity index (χ4n) is 3.22. The summed E-state index contributed by atoms with van der Waals surface area (Å²) in [5, 5.41) is 7.72. The monoisotopic (exact) mass is 325 g/mol. The number of likely N-dealkylation sites (N-methyl/N-ethyl adjacent to an activating group) is 1. The second-order valence-electron chi connectivity index (χ2n) is 6.37. The maximum Gasteiger partial charge on any atom is 0.220 e. The van der Waals surface area contributed by atoms with Gasteiger partial charge in [0.05, 0.1) is 0 Å². The Hall–Kier alpha value is -2.54. The minimum Gasteiger partial charge on any atom is -0.472 e. The molecule has 0 N–H and O–H groups in total. The number of hydrogen-bond acceptors (Lipinski definition) is 7. The van der Waals surface area contributed by atoms with Crippen molar-refractivity contribution in [2.45, 2.75) is 32.9 Å². The van der Waals surface area contributed by atoms with Crippen LogP contribution in [0.5, 0.6) is 5.88 Å². The van der Waals surface area contributed by atoms with Crippen molar-refractivity contribution in [3.05, 3.63) is 40.8 Å². The van der Waals surface area contributed by atoms with E-state index >= 15 is 0 Å².